The fraction of sp³-hybridized carbons (Fsp3) is 0.471. The van der Waals surface area contributed by atoms with Gasteiger partial charge in [0.15, 0.2) is 0 Å². The number of aromatic nitrogens is 4. The van der Waals surface area contributed by atoms with Crippen LogP contribution in [0.5, 0.6) is 0 Å². The maximum Gasteiger partial charge on any atom is 0.246 e. The number of aromatic amines is 1. The highest BCUT2D eigenvalue weighted by Crippen LogP contribution is 2.28. The third-order valence-corrected chi connectivity index (χ3v) is 7.66. The van der Waals surface area contributed by atoms with E-state index in [0.29, 0.717) is 47.5 Å². The third-order valence-electron chi connectivity index (χ3n) is 4.85. The molecule has 0 radical (unpaired) electrons. The Bertz CT molecular complexity index is 1000. The van der Waals surface area contributed by atoms with Crippen LogP contribution in [0.25, 0.3) is 11.4 Å². The Morgan fingerprint density at radius 1 is 1.41 bits per heavy atom. The van der Waals surface area contributed by atoms with Gasteiger partial charge in [-0.25, -0.2) is 8.42 Å². The predicted molar refractivity (Wildman–Crippen MR) is 101 cm³/mol. The van der Waals surface area contributed by atoms with Crippen molar-refractivity contribution in [3.05, 3.63) is 34.1 Å². The van der Waals surface area contributed by atoms with Crippen LogP contribution in [0.2, 0.25) is 0 Å². The molecule has 0 aliphatic carbocycles. The fourth-order valence-corrected chi connectivity index (χ4v) is 6.08. The Balaban J connectivity index is 1.49. The van der Waals surface area contributed by atoms with Gasteiger partial charge in [-0.2, -0.15) is 25.7 Å². The van der Waals surface area contributed by atoms with E-state index in [1.165, 1.54) is 0 Å². The zero-order chi connectivity index (χ0) is 19.0. The smallest absolute Gasteiger partial charge is 0.246 e. The molecule has 1 aliphatic heterocycles. The summed E-state index contributed by atoms with van der Waals surface area (Å²) in [4.78, 5) is 4.75. The molecule has 1 fully saturated rings. The Hall–Kier alpha value is -2.04. The first kappa shape index (κ1) is 18.3. The molecule has 1 saturated heterocycles. The van der Waals surface area contributed by atoms with Gasteiger partial charge in [0.05, 0.1) is 11.4 Å². The van der Waals surface area contributed by atoms with Crippen LogP contribution in [0.3, 0.4) is 0 Å². The molecule has 0 saturated carbocycles. The van der Waals surface area contributed by atoms with Crippen molar-refractivity contribution in [1.29, 1.82) is 0 Å². The average molecular weight is 408 g/mol. The molecule has 3 aromatic rings. The van der Waals surface area contributed by atoms with Crippen molar-refractivity contribution in [2.75, 3.05) is 13.1 Å². The van der Waals surface area contributed by atoms with E-state index in [-0.39, 0.29) is 5.92 Å². The highest BCUT2D eigenvalue weighted by molar-refractivity contribution is 7.89. The van der Waals surface area contributed by atoms with Crippen LogP contribution in [0.1, 0.15) is 30.1 Å². The van der Waals surface area contributed by atoms with E-state index < -0.39 is 10.0 Å². The van der Waals surface area contributed by atoms with Crippen LogP contribution in [0.15, 0.2) is 26.2 Å². The molecule has 8 nitrogen and oxygen atoms in total. The van der Waals surface area contributed by atoms with Crippen molar-refractivity contribution in [2.24, 2.45) is 5.92 Å². The molecule has 1 atom stereocenters. The van der Waals surface area contributed by atoms with Gasteiger partial charge in [0.2, 0.25) is 21.7 Å². The van der Waals surface area contributed by atoms with Crippen LogP contribution in [-0.2, 0) is 16.4 Å². The predicted octanol–water partition coefficient (Wildman–Crippen LogP) is 2.78. The second kappa shape index (κ2) is 7.17. The molecule has 1 N–H and O–H groups in total. The topological polar surface area (TPSA) is 105 Å². The van der Waals surface area contributed by atoms with Gasteiger partial charge < -0.3 is 4.52 Å². The highest BCUT2D eigenvalue weighted by Gasteiger charge is 2.34. The highest BCUT2D eigenvalue weighted by atomic mass is 32.2. The van der Waals surface area contributed by atoms with E-state index >= 15 is 0 Å². The summed E-state index contributed by atoms with van der Waals surface area (Å²) in [5.74, 6) is 1.28. The molecule has 4 rings (SSSR count). The average Bonchev–Trinajstić information content (AvgIpc) is 3.37. The summed E-state index contributed by atoms with van der Waals surface area (Å²) >= 11 is 1.58. The van der Waals surface area contributed by atoms with Gasteiger partial charge in [0.1, 0.15) is 4.90 Å². The molecule has 4 heterocycles. The number of aryl methyl sites for hydroxylation is 2. The van der Waals surface area contributed by atoms with Gasteiger partial charge in [0, 0.05) is 30.5 Å². The summed E-state index contributed by atoms with van der Waals surface area (Å²) in [5.41, 5.74) is 2.02. The zero-order valence-electron chi connectivity index (χ0n) is 15.2. The molecule has 1 aliphatic rings. The summed E-state index contributed by atoms with van der Waals surface area (Å²) in [5, 5.41) is 14.8. The number of nitrogens with one attached hydrogen (secondary N) is 1. The molecule has 3 aromatic heterocycles. The molecular formula is C17H21N5O3S2. The van der Waals surface area contributed by atoms with Crippen LogP contribution in [-0.4, -0.2) is 46.2 Å². The van der Waals surface area contributed by atoms with Crippen molar-refractivity contribution < 1.29 is 12.9 Å². The monoisotopic (exact) mass is 407 g/mol. The molecule has 0 bridgehead atoms. The van der Waals surface area contributed by atoms with E-state index in [2.05, 4.69) is 20.3 Å². The van der Waals surface area contributed by atoms with Crippen LogP contribution in [0.4, 0.5) is 0 Å². The van der Waals surface area contributed by atoms with Gasteiger partial charge >= 0.3 is 0 Å². The van der Waals surface area contributed by atoms with E-state index in [9.17, 15) is 8.42 Å². The SMILES string of the molecule is Cc1n[nH]c(C)c1S(=O)(=O)N1CCC[C@@H](Cc2nc(-c3ccsc3)no2)C1. The third kappa shape index (κ3) is 3.56. The summed E-state index contributed by atoms with van der Waals surface area (Å²) in [6, 6.07) is 1.95. The summed E-state index contributed by atoms with van der Waals surface area (Å²) < 4.78 is 33.1. The maximum atomic E-state index is 13.1. The summed E-state index contributed by atoms with van der Waals surface area (Å²) in [6.07, 6.45) is 2.32. The molecule has 0 spiro atoms. The van der Waals surface area contributed by atoms with Gasteiger partial charge in [-0.1, -0.05) is 5.16 Å². The maximum absolute atomic E-state index is 13.1. The zero-order valence-corrected chi connectivity index (χ0v) is 16.8. The number of rotatable bonds is 5. The van der Waals surface area contributed by atoms with Crippen LogP contribution < -0.4 is 0 Å². The molecule has 0 aromatic carbocycles. The first-order chi connectivity index (χ1) is 12.9. The van der Waals surface area contributed by atoms with Gasteiger partial charge in [0.25, 0.3) is 0 Å². The molecular weight excluding hydrogens is 386 g/mol. The number of nitrogens with zero attached hydrogens (tertiary/aromatic N) is 4. The van der Waals surface area contributed by atoms with E-state index in [0.717, 1.165) is 18.4 Å². The molecule has 144 valence electrons. The molecule has 27 heavy (non-hydrogen) atoms. The number of H-pyrrole nitrogens is 1. The van der Waals surface area contributed by atoms with Gasteiger partial charge in [-0.3, -0.25) is 5.10 Å². The Kier molecular flexibility index (Phi) is 4.87. The van der Waals surface area contributed by atoms with Gasteiger partial charge in [-0.05, 0) is 44.1 Å². The summed E-state index contributed by atoms with van der Waals surface area (Å²) in [6.45, 7) is 4.41. The minimum Gasteiger partial charge on any atom is -0.339 e. The first-order valence-electron chi connectivity index (χ1n) is 8.82. The van der Waals surface area contributed by atoms with Crippen molar-refractivity contribution in [3.63, 3.8) is 0 Å². The number of hydrogen-bond donors (Lipinski definition) is 1. The van der Waals surface area contributed by atoms with Crippen molar-refractivity contribution in [2.45, 2.75) is 38.0 Å². The van der Waals surface area contributed by atoms with E-state index in [1.54, 1.807) is 29.5 Å². The lowest BCUT2D eigenvalue weighted by molar-refractivity contribution is 0.247. The number of hydrogen-bond acceptors (Lipinski definition) is 7. The van der Waals surface area contributed by atoms with Crippen LogP contribution in [0, 0.1) is 19.8 Å². The normalized spacial score (nSPS) is 18.8. The lowest BCUT2D eigenvalue weighted by Gasteiger charge is -2.31. The minimum absolute atomic E-state index is 0.150. The van der Waals surface area contributed by atoms with E-state index in [1.807, 2.05) is 16.8 Å². The van der Waals surface area contributed by atoms with E-state index in [4.69, 9.17) is 4.52 Å². The number of sulfonamides is 1. The minimum atomic E-state index is -3.56. The molecule has 10 heteroatoms. The van der Waals surface area contributed by atoms with Crippen molar-refractivity contribution in [1.82, 2.24) is 24.6 Å². The second-order valence-electron chi connectivity index (χ2n) is 6.86. The lowest BCUT2D eigenvalue weighted by Crippen LogP contribution is -2.40. The van der Waals surface area contributed by atoms with Crippen molar-refractivity contribution in [3.8, 4) is 11.4 Å². The second-order valence-corrected chi connectivity index (χ2v) is 9.52. The quantitative estimate of drug-likeness (QED) is 0.697. The Labute approximate surface area is 161 Å². The Morgan fingerprint density at radius 2 is 2.26 bits per heavy atom. The summed E-state index contributed by atoms with van der Waals surface area (Å²) in [7, 11) is -3.56. The standard InChI is InChI=1S/C17H21N5O3S2/c1-11-16(12(2)20-19-11)27(23,24)22-6-3-4-13(9-22)8-15-18-17(21-25-15)14-5-7-26-10-14/h5,7,10,13H,3-4,6,8-9H2,1-2H3,(H,19,20)/t13-/m0/s1. The fourth-order valence-electron chi connectivity index (χ4n) is 3.56. The number of thiophene rings is 1. The first-order valence-corrected chi connectivity index (χ1v) is 11.2. The largest absolute Gasteiger partial charge is 0.339 e. The number of piperidine rings is 1. The van der Waals surface area contributed by atoms with Gasteiger partial charge in [-0.15, -0.1) is 0 Å². The molecule has 0 amide bonds. The lowest BCUT2D eigenvalue weighted by atomic mass is 9.96. The van der Waals surface area contributed by atoms with Crippen LogP contribution >= 0.6 is 11.3 Å². The van der Waals surface area contributed by atoms with Crippen molar-refractivity contribution >= 4 is 21.4 Å². The molecule has 0 unspecified atom stereocenters. The Morgan fingerprint density at radius 3 is 2.96 bits per heavy atom.